The maximum absolute atomic E-state index is 5.49. The molecular formula is C9H18O. The van der Waals surface area contributed by atoms with Gasteiger partial charge in [0.1, 0.15) is 0 Å². The zero-order valence-corrected chi connectivity index (χ0v) is 7.26. The smallest absolute Gasteiger partial charge is 0.0578 e. The largest absolute Gasteiger partial charge is 0.378 e. The van der Waals surface area contributed by atoms with Crippen LogP contribution in [0.2, 0.25) is 0 Å². The van der Waals surface area contributed by atoms with E-state index < -0.39 is 0 Å². The van der Waals surface area contributed by atoms with Gasteiger partial charge in [-0.05, 0) is 25.2 Å². The zero-order chi connectivity index (χ0) is 7.56. The van der Waals surface area contributed by atoms with Crippen LogP contribution in [-0.4, -0.2) is 12.7 Å². The molecule has 0 amide bonds. The minimum absolute atomic E-state index is 0.509. The summed E-state index contributed by atoms with van der Waals surface area (Å²) in [6.07, 6.45) is 3.07. The van der Waals surface area contributed by atoms with E-state index in [0.29, 0.717) is 6.10 Å². The normalized spacial score (nSPS) is 36.3. The van der Waals surface area contributed by atoms with E-state index >= 15 is 0 Å². The maximum atomic E-state index is 5.49. The molecule has 1 aliphatic rings. The Morgan fingerprint density at radius 3 is 2.70 bits per heavy atom. The fraction of sp³-hybridized carbons (Fsp3) is 1.00. The molecule has 0 bridgehead atoms. The van der Waals surface area contributed by atoms with E-state index in [-0.39, 0.29) is 0 Å². The Kier molecular flexibility index (Phi) is 2.72. The Balaban J connectivity index is 2.38. The van der Waals surface area contributed by atoms with Crippen LogP contribution < -0.4 is 0 Å². The third-order valence-corrected chi connectivity index (χ3v) is 2.81. The standard InChI is InChI=1S/C9H18O/c1-4-7(2)9-5-6-10-8(9)3/h7-9H,4-6H2,1-3H3/t7-,8+,9-/m0/s1. The van der Waals surface area contributed by atoms with E-state index in [1.807, 2.05) is 0 Å². The lowest BCUT2D eigenvalue weighted by molar-refractivity contribution is 0.0916. The van der Waals surface area contributed by atoms with E-state index in [1.54, 1.807) is 0 Å². The second-order valence-electron chi connectivity index (χ2n) is 3.41. The van der Waals surface area contributed by atoms with Crippen LogP contribution in [0, 0.1) is 11.8 Å². The first-order valence-electron chi connectivity index (χ1n) is 4.37. The highest BCUT2D eigenvalue weighted by molar-refractivity contribution is 4.76. The van der Waals surface area contributed by atoms with Gasteiger partial charge in [-0.25, -0.2) is 0 Å². The van der Waals surface area contributed by atoms with Crippen LogP contribution in [0.3, 0.4) is 0 Å². The molecule has 0 radical (unpaired) electrons. The van der Waals surface area contributed by atoms with Crippen molar-refractivity contribution in [2.75, 3.05) is 6.61 Å². The van der Waals surface area contributed by atoms with Crippen LogP contribution in [-0.2, 0) is 4.74 Å². The predicted molar refractivity (Wildman–Crippen MR) is 43.0 cm³/mol. The maximum Gasteiger partial charge on any atom is 0.0578 e. The van der Waals surface area contributed by atoms with Crippen molar-refractivity contribution in [2.24, 2.45) is 11.8 Å². The fourth-order valence-electron chi connectivity index (χ4n) is 1.80. The molecule has 1 rings (SSSR count). The molecule has 0 aromatic heterocycles. The van der Waals surface area contributed by atoms with E-state index in [4.69, 9.17) is 4.74 Å². The van der Waals surface area contributed by atoms with Gasteiger partial charge in [-0.1, -0.05) is 20.3 Å². The van der Waals surface area contributed by atoms with Crippen molar-refractivity contribution in [3.8, 4) is 0 Å². The molecule has 1 aliphatic heterocycles. The van der Waals surface area contributed by atoms with Gasteiger partial charge in [0, 0.05) is 6.61 Å². The molecule has 0 saturated carbocycles. The lowest BCUT2D eigenvalue weighted by Gasteiger charge is -2.19. The second-order valence-corrected chi connectivity index (χ2v) is 3.41. The number of ether oxygens (including phenoxy) is 1. The number of hydrogen-bond acceptors (Lipinski definition) is 1. The van der Waals surface area contributed by atoms with Crippen molar-refractivity contribution in [3.05, 3.63) is 0 Å². The summed E-state index contributed by atoms with van der Waals surface area (Å²) < 4.78 is 5.49. The third-order valence-electron chi connectivity index (χ3n) is 2.81. The molecule has 0 unspecified atom stereocenters. The van der Waals surface area contributed by atoms with Gasteiger partial charge < -0.3 is 4.74 Å². The molecule has 60 valence electrons. The SMILES string of the molecule is CC[C@H](C)[C@@H]1CCO[C@@H]1C. The van der Waals surface area contributed by atoms with Gasteiger partial charge in [0.15, 0.2) is 0 Å². The van der Waals surface area contributed by atoms with Crippen molar-refractivity contribution in [2.45, 2.75) is 39.7 Å². The first kappa shape index (κ1) is 8.06. The van der Waals surface area contributed by atoms with Crippen molar-refractivity contribution in [3.63, 3.8) is 0 Å². The van der Waals surface area contributed by atoms with Crippen molar-refractivity contribution in [1.82, 2.24) is 0 Å². The minimum atomic E-state index is 0.509. The van der Waals surface area contributed by atoms with Crippen molar-refractivity contribution in [1.29, 1.82) is 0 Å². The molecule has 0 spiro atoms. The van der Waals surface area contributed by atoms with Crippen LogP contribution in [0.25, 0.3) is 0 Å². The quantitative estimate of drug-likeness (QED) is 0.575. The highest BCUT2D eigenvalue weighted by Crippen LogP contribution is 2.29. The lowest BCUT2D eigenvalue weighted by atomic mass is 9.87. The predicted octanol–water partition coefficient (Wildman–Crippen LogP) is 2.46. The second kappa shape index (κ2) is 3.38. The van der Waals surface area contributed by atoms with Gasteiger partial charge in [-0.15, -0.1) is 0 Å². The summed E-state index contributed by atoms with van der Waals surface area (Å²) in [7, 11) is 0. The summed E-state index contributed by atoms with van der Waals surface area (Å²) >= 11 is 0. The first-order valence-corrected chi connectivity index (χ1v) is 4.37. The van der Waals surface area contributed by atoms with Crippen LogP contribution >= 0.6 is 0 Å². The zero-order valence-electron chi connectivity index (χ0n) is 7.26. The highest BCUT2D eigenvalue weighted by Gasteiger charge is 2.27. The summed E-state index contributed by atoms with van der Waals surface area (Å²) in [5, 5.41) is 0. The molecular weight excluding hydrogens is 124 g/mol. The average Bonchev–Trinajstić information content (AvgIpc) is 2.34. The Bertz CT molecular complexity index is 101. The lowest BCUT2D eigenvalue weighted by Crippen LogP contribution is -2.18. The molecule has 3 atom stereocenters. The molecule has 1 fully saturated rings. The summed E-state index contributed by atoms with van der Waals surface area (Å²) in [4.78, 5) is 0. The van der Waals surface area contributed by atoms with Gasteiger partial charge >= 0.3 is 0 Å². The van der Waals surface area contributed by atoms with Crippen LogP contribution in [0.4, 0.5) is 0 Å². The Hall–Kier alpha value is -0.0400. The van der Waals surface area contributed by atoms with Crippen LogP contribution in [0.5, 0.6) is 0 Å². The van der Waals surface area contributed by atoms with E-state index in [1.165, 1.54) is 12.8 Å². The molecule has 0 aliphatic carbocycles. The number of hydrogen-bond donors (Lipinski definition) is 0. The van der Waals surface area contributed by atoms with Crippen LogP contribution in [0.1, 0.15) is 33.6 Å². The molecule has 1 nitrogen and oxygen atoms in total. The van der Waals surface area contributed by atoms with Crippen molar-refractivity contribution >= 4 is 0 Å². The summed E-state index contributed by atoms with van der Waals surface area (Å²) in [5.74, 6) is 1.67. The first-order chi connectivity index (χ1) is 4.75. The summed E-state index contributed by atoms with van der Waals surface area (Å²) in [5.41, 5.74) is 0. The van der Waals surface area contributed by atoms with Gasteiger partial charge in [-0.2, -0.15) is 0 Å². The Labute approximate surface area is 63.8 Å². The molecule has 10 heavy (non-hydrogen) atoms. The Morgan fingerprint density at radius 2 is 2.30 bits per heavy atom. The van der Waals surface area contributed by atoms with E-state index in [9.17, 15) is 0 Å². The molecule has 1 heteroatoms. The number of rotatable bonds is 2. The monoisotopic (exact) mass is 142 g/mol. The average molecular weight is 142 g/mol. The molecule has 0 N–H and O–H groups in total. The van der Waals surface area contributed by atoms with Gasteiger partial charge in [0.05, 0.1) is 6.10 Å². The summed E-state index contributed by atoms with van der Waals surface area (Å²) in [6.45, 7) is 7.77. The fourth-order valence-corrected chi connectivity index (χ4v) is 1.80. The van der Waals surface area contributed by atoms with E-state index in [2.05, 4.69) is 20.8 Å². The topological polar surface area (TPSA) is 9.23 Å². The minimum Gasteiger partial charge on any atom is -0.378 e. The molecule has 0 aromatic carbocycles. The van der Waals surface area contributed by atoms with Gasteiger partial charge in [0.25, 0.3) is 0 Å². The molecule has 1 saturated heterocycles. The van der Waals surface area contributed by atoms with Gasteiger partial charge in [0.2, 0.25) is 0 Å². The molecule has 0 aromatic rings. The van der Waals surface area contributed by atoms with Gasteiger partial charge in [-0.3, -0.25) is 0 Å². The third kappa shape index (κ3) is 1.51. The highest BCUT2D eigenvalue weighted by atomic mass is 16.5. The van der Waals surface area contributed by atoms with Crippen molar-refractivity contribution < 1.29 is 4.74 Å². The molecule has 1 heterocycles. The van der Waals surface area contributed by atoms with Crippen LogP contribution in [0.15, 0.2) is 0 Å². The summed E-state index contributed by atoms with van der Waals surface area (Å²) in [6, 6.07) is 0. The Morgan fingerprint density at radius 1 is 1.60 bits per heavy atom. The van der Waals surface area contributed by atoms with E-state index in [0.717, 1.165) is 18.4 Å².